The Morgan fingerprint density at radius 2 is 1.90 bits per heavy atom. The number of fused-ring (bicyclic) bond motifs is 2. The summed E-state index contributed by atoms with van der Waals surface area (Å²) in [5, 5.41) is 19.8. The van der Waals surface area contributed by atoms with Crippen molar-refractivity contribution in [2.24, 2.45) is 0 Å². The van der Waals surface area contributed by atoms with Crippen molar-refractivity contribution in [2.45, 2.75) is 0 Å². The summed E-state index contributed by atoms with van der Waals surface area (Å²) in [5.74, 6) is 0.676. The predicted molar refractivity (Wildman–Crippen MR) is 76.5 cm³/mol. The molecule has 0 unspecified atom stereocenters. The molecule has 6 heteroatoms. The zero-order chi connectivity index (χ0) is 14.2. The van der Waals surface area contributed by atoms with Crippen LogP contribution in [0.4, 0.5) is 0 Å². The van der Waals surface area contributed by atoms with Gasteiger partial charge in [-0.1, -0.05) is 24.3 Å². The van der Waals surface area contributed by atoms with Crippen LogP contribution in [0.15, 0.2) is 55.1 Å². The molecular weight excluding hydrogens is 268 g/mol. The van der Waals surface area contributed by atoms with Gasteiger partial charge in [-0.15, -0.1) is 10.2 Å². The van der Waals surface area contributed by atoms with Crippen molar-refractivity contribution in [1.82, 2.24) is 19.6 Å². The summed E-state index contributed by atoms with van der Waals surface area (Å²) >= 11 is 0. The third-order valence-electron chi connectivity index (χ3n) is 3.22. The topological polar surface area (TPSA) is 72.5 Å². The van der Waals surface area contributed by atoms with Crippen molar-refractivity contribution in [3.8, 4) is 17.4 Å². The van der Waals surface area contributed by atoms with Gasteiger partial charge in [-0.3, -0.25) is 4.40 Å². The summed E-state index contributed by atoms with van der Waals surface area (Å²) in [7, 11) is 0. The van der Waals surface area contributed by atoms with E-state index in [0.29, 0.717) is 17.3 Å². The van der Waals surface area contributed by atoms with E-state index in [1.165, 1.54) is 0 Å². The van der Waals surface area contributed by atoms with E-state index < -0.39 is 0 Å². The van der Waals surface area contributed by atoms with Gasteiger partial charge < -0.3 is 9.84 Å². The van der Waals surface area contributed by atoms with Gasteiger partial charge in [0.2, 0.25) is 5.65 Å². The fourth-order valence-electron chi connectivity index (χ4n) is 2.20. The summed E-state index contributed by atoms with van der Waals surface area (Å²) in [6.45, 7) is 0. The van der Waals surface area contributed by atoms with E-state index in [0.717, 1.165) is 10.8 Å². The largest absolute Gasteiger partial charge is 0.504 e. The molecule has 1 N–H and O–H groups in total. The highest BCUT2D eigenvalue weighted by atomic mass is 16.5. The van der Waals surface area contributed by atoms with Crippen LogP contribution in [-0.2, 0) is 0 Å². The molecule has 0 aliphatic rings. The van der Waals surface area contributed by atoms with Crippen LogP contribution < -0.4 is 4.74 Å². The fourth-order valence-corrected chi connectivity index (χ4v) is 2.20. The second kappa shape index (κ2) is 4.45. The van der Waals surface area contributed by atoms with Gasteiger partial charge in [-0.25, -0.2) is 4.98 Å². The van der Waals surface area contributed by atoms with Crippen LogP contribution in [0, 0.1) is 0 Å². The SMILES string of the molecule is Oc1cc2ccccc2cc1Oc1nccn2cnnc12. The van der Waals surface area contributed by atoms with Gasteiger partial charge in [0, 0.05) is 12.4 Å². The Bertz CT molecular complexity index is 949. The van der Waals surface area contributed by atoms with E-state index in [-0.39, 0.29) is 5.75 Å². The summed E-state index contributed by atoms with van der Waals surface area (Å²) in [5.41, 5.74) is 0.491. The van der Waals surface area contributed by atoms with Crippen molar-refractivity contribution < 1.29 is 9.84 Å². The van der Waals surface area contributed by atoms with Gasteiger partial charge in [-0.2, -0.15) is 0 Å². The molecule has 2 aromatic heterocycles. The average Bonchev–Trinajstić information content (AvgIpc) is 2.97. The van der Waals surface area contributed by atoms with Crippen LogP contribution in [0.3, 0.4) is 0 Å². The van der Waals surface area contributed by atoms with Crippen molar-refractivity contribution in [3.05, 3.63) is 55.1 Å². The molecule has 102 valence electrons. The number of aromatic hydroxyl groups is 1. The first-order chi connectivity index (χ1) is 10.3. The molecule has 0 aliphatic heterocycles. The lowest BCUT2D eigenvalue weighted by atomic mass is 10.1. The van der Waals surface area contributed by atoms with Crippen LogP contribution >= 0.6 is 0 Å². The highest BCUT2D eigenvalue weighted by molar-refractivity contribution is 5.86. The first-order valence-electron chi connectivity index (χ1n) is 6.35. The third-order valence-corrected chi connectivity index (χ3v) is 3.22. The molecule has 2 heterocycles. The number of hydrogen-bond donors (Lipinski definition) is 1. The van der Waals surface area contributed by atoms with Gasteiger partial charge in [0.25, 0.3) is 5.88 Å². The number of ether oxygens (including phenoxy) is 1. The van der Waals surface area contributed by atoms with E-state index in [1.807, 2.05) is 24.3 Å². The molecule has 4 aromatic rings. The van der Waals surface area contributed by atoms with Gasteiger partial charge in [0.05, 0.1) is 0 Å². The number of benzene rings is 2. The van der Waals surface area contributed by atoms with Crippen LogP contribution in [0.25, 0.3) is 16.4 Å². The first kappa shape index (κ1) is 11.7. The molecule has 21 heavy (non-hydrogen) atoms. The van der Waals surface area contributed by atoms with E-state index >= 15 is 0 Å². The Kier molecular flexibility index (Phi) is 2.47. The second-order valence-electron chi connectivity index (χ2n) is 4.56. The van der Waals surface area contributed by atoms with Crippen molar-refractivity contribution >= 4 is 16.4 Å². The van der Waals surface area contributed by atoms with Gasteiger partial charge in [-0.05, 0) is 22.9 Å². The first-order valence-corrected chi connectivity index (χ1v) is 6.35. The van der Waals surface area contributed by atoms with Gasteiger partial charge >= 0.3 is 0 Å². The van der Waals surface area contributed by atoms with E-state index in [4.69, 9.17) is 4.74 Å². The summed E-state index contributed by atoms with van der Waals surface area (Å²) in [6.07, 6.45) is 4.87. The molecule has 0 saturated carbocycles. The molecule has 0 spiro atoms. The molecule has 0 amide bonds. The number of aromatic nitrogens is 4. The highest BCUT2D eigenvalue weighted by Gasteiger charge is 2.11. The van der Waals surface area contributed by atoms with Crippen LogP contribution in [0.2, 0.25) is 0 Å². The Balaban J connectivity index is 1.83. The molecule has 0 bridgehead atoms. The maximum atomic E-state index is 10.1. The lowest BCUT2D eigenvalue weighted by molar-refractivity contribution is 0.405. The Hall–Kier alpha value is -3.15. The van der Waals surface area contributed by atoms with E-state index in [2.05, 4.69) is 15.2 Å². The minimum atomic E-state index is 0.0528. The summed E-state index contributed by atoms with van der Waals surface area (Å²) in [4.78, 5) is 4.14. The van der Waals surface area contributed by atoms with Gasteiger partial charge in [0.15, 0.2) is 11.5 Å². The Morgan fingerprint density at radius 1 is 1.10 bits per heavy atom. The summed E-state index contributed by atoms with van der Waals surface area (Å²) in [6, 6.07) is 11.2. The zero-order valence-electron chi connectivity index (χ0n) is 10.8. The monoisotopic (exact) mass is 278 g/mol. The average molecular weight is 278 g/mol. The lowest BCUT2D eigenvalue weighted by Crippen LogP contribution is -1.93. The van der Waals surface area contributed by atoms with Gasteiger partial charge in [0.1, 0.15) is 6.33 Å². The Morgan fingerprint density at radius 3 is 2.76 bits per heavy atom. The molecule has 0 aliphatic carbocycles. The van der Waals surface area contributed by atoms with Crippen molar-refractivity contribution in [2.75, 3.05) is 0 Å². The van der Waals surface area contributed by atoms with Crippen molar-refractivity contribution in [3.63, 3.8) is 0 Å². The van der Waals surface area contributed by atoms with E-state index in [9.17, 15) is 5.11 Å². The minimum absolute atomic E-state index is 0.0528. The Labute approximate surface area is 119 Å². The zero-order valence-corrected chi connectivity index (χ0v) is 10.8. The molecule has 0 atom stereocenters. The number of rotatable bonds is 2. The maximum absolute atomic E-state index is 10.1. The smallest absolute Gasteiger partial charge is 0.265 e. The maximum Gasteiger partial charge on any atom is 0.265 e. The number of nitrogens with zero attached hydrogens (tertiary/aromatic N) is 4. The fraction of sp³-hybridized carbons (Fsp3) is 0. The molecule has 0 saturated heterocycles. The predicted octanol–water partition coefficient (Wildman–Crippen LogP) is 2.78. The molecule has 0 radical (unpaired) electrons. The molecule has 4 rings (SSSR count). The molecular formula is C15H10N4O2. The normalized spacial score (nSPS) is 11.0. The summed E-state index contributed by atoms with van der Waals surface area (Å²) < 4.78 is 7.40. The molecule has 2 aromatic carbocycles. The number of hydrogen-bond acceptors (Lipinski definition) is 5. The quantitative estimate of drug-likeness (QED) is 0.610. The van der Waals surface area contributed by atoms with Crippen molar-refractivity contribution in [1.29, 1.82) is 0 Å². The number of phenols is 1. The third kappa shape index (κ3) is 1.93. The highest BCUT2D eigenvalue weighted by Crippen LogP contribution is 2.34. The second-order valence-corrected chi connectivity index (χ2v) is 4.56. The van der Waals surface area contributed by atoms with Crippen LogP contribution in [0.1, 0.15) is 0 Å². The number of phenolic OH excluding ortho intramolecular Hbond substituents is 1. The molecule has 6 nitrogen and oxygen atoms in total. The van der Waals surface area contributed by atoms with E-state index in [1.54, 1.807) is 35.3 Å². The van der Waals surface area contributed by atoms with Crippen LogP contribution in [0.5, 0.6) is 17.4 Å². The molecule has 0 fully saturated rings. The minimum Gasteiger partial charge on any atom is -0.504 e. The van der Waals surface area contributed by atoms with Crippen LogP contribution in [-0.4, -0.2) is 24.7 Å². The lowest BCUT2D eigenvalue weighted by Gasteiger charge is -2.08. The standard InChI is InChI=1S/C15H10N4O2/c20-12-7-10-3-1-2-4-11(10)8-13(12)21-15-14-18-17-9-19(14)6-5-16-15/h1-9,20H.